The highest BCUT2D eigenvalue weighted by molar-refractivity contribution is 7.86. The number of rotatable bonds is 7. The molecule has 0 unspecified atom stereocenters. The molecule has 2 aromatic carbocycles. The number of hydrogen-bond donors (Lipinski definition) is 1. The van der Waals surface area contributed by atoms with Crippen LogP contribution in [0.5, 0.6) is 0 Å². The van der Waals surface area contributed by atoms with Crippen LogP contribution in [0, 0.1) is 13.8 Å². The van der Waals surface area contributed by atoms with Gasteiger partial charge in [0.2, 0.25) is 0 Å². The van der Waals surface area contributed by atoms with Crippen molar-refractivity contribution in [1.82, 2.24) is 0 Å². The molecule has 0 spiro atoms. The highest BCUT2D eigenvalue weighted by Gasteiger charge is 2.18. The summed E-state index contributed by atoms with van der Waals surface area (Å²) < 4.78 is 38.1. The van der Waals surface area contributed by atoms with Gasteiger partial charge in [-0.1, -0.05) is 23.8 Å². The highest BCUT2D eigenvalue weighted by atomic mass is 32.2. The van der Waals surface area contributed by atoms with Crippen LogP contribution in [0.25, 0.3) is 11.1 Å². The quantitative estimate of drug-likeness (QED) is 0.760. The molecular formula is C19H25NO4S. The summed E-state index contributed by atoms with van der Waals surface area (Å²) >= 11 is 0. The first-order valence-corrected chi connectivity index (χ1v) is 9.65. The van der Waals surface area contributed by atoms with Gasteiger partial charge in [-0.2, -0.15) is 8.42 Å². The molecule has 1 N–H and O–H groups in total. The number of methoxy groups -OCH3 is 1. The second-order valence-corrected chi connectivity index (χ2v) is 7.44. The fraction of sp³-hybridized carbons (Fsp3) is 0.368. The second kappa shape index (κ2) is 7.99. The molecule has 0 bridgehead atoms. The Morgan fingerprint density at radius 1 is 1.08 bits per heavy atom. The van der Waals surface area contributed by atoms with E-state index in [1.165, 1.54) is 6.07 Å². The molecule has 0 aliphatic carbocycles. The molecule has 0 aliphatic rings. The Morgan fingerprint density at radius 3 is 2.36 bits per heavy atom. The van der Waals surface area contributed by atoms with Gasteiger partial charge < -0.3 is 9.64 Å². The summed E-state index contributed by atoms with van der Waals surface area (Å²) in [6.45, 7) is 8.19. The van der Waals surface area contributed by atoms with E-state index < -0.39 is 10.1 Å². The van der Waals surface area contributed by atoms with E-state index in [2.05, 4.69) is 11.8 Å². The molecule has 6 heteroatoms. The Balaban J connectivity index is 2.51. The molecule has 2 aromatic rings. The zero-order valence-corrected chi connectivity index (χ0v) is 15.9. The van der Waals surface area contributed by atoms with E-state index in [1.54, 1.807) is 19.2 Å². The Morgan fingerprint density at radius 2 is 1.80 bits per heavy atom. The van der Waals surface area contributed by atoms with Gasteiger partial charge in [0.05, 0.1) is 6.61 Å². The van der Waals surface area contributed by atoms with Crippen LogP contribution in [0.15, 0.2) is 41.3 Å². The first kappa shape index (κ1) is 19.4. The maximum absolute atomic E-state index is 11.7. The maximum Gasteiger partial charge on any atom is 0.295 e. The molecule has 0 saturated carbocycles. The number of ether oxygens (including phenoxy) is 1. The van der Waals surface area contributed by atoms with Crippen LogP contribution >= 0.6 is 0 Å². The van der Waals surface area contributed by atoms with E-state index in [9.17, 15) is 13.0 Å². The monoisotopic (exact) mass is 363 g/mol. The minimum atomic E-state index is -4.29. The Bertz CT molecular complexity index is 846. The summed E-state index contributed by atoms with van der Waals surface area (Å²) in [5, 5.41) is 0. The third-order valence-corrected chi connectivity index (χ3v) is 5.14. The number of nitrogens with zero attached hydrogens (tertiary/aromatic N) is 1. The topological polar surface area (TPSA) is 66.8 Å². The number of likely N-dealkylation sites (N-methyl/N-ethyl adjacent to an activating group) is 1. The van der Waals surface area contributed by atoms with Gasteiger partial charge in [-0.25, -0.2) is 0 Å². The van der Waals surface area contributed by atoms with Crippen molar-refractivity contribution in [1.29, 1.82) is 0 Å². The zero-order chi connectivity index (χ0) is 18.6. The van der Waals surface area contributed by atoms with E-state index in [1.807, 2.05) is 32.0 Å². The standard InChI is InChI=1S/C19H25NO4S/c1-5-20(10-11-24-4)16-7-8-17(15(3)13-16)18-12-14(2)6-9-19(18)25(21,22)23/h6-9,12-13H,5,10-11H2,1-4H3,(H,21,22,23). The van der Waals surface area contributed by atoms with E-state index >= 15 is 0 Å². The molecule has 136 valence electrons. The minimum Gasteiger partial charge on any atom is -0.383 e. The molecule has 2 rings (SSSR count). The lowest BCUT2D eigenvalue weighted by Gasteiger charge is -2.24. The largest absolute Gasteiger partial charge is 0.383 e. The van der Waals surface area contributed by atoms with Crippen molar-refractivity contribution in [3.63, 3.8) is 0 Å². The smallest absolute Gasteiger partial charge is 0.295 e. The lowest BCUT2D eigenvalue weighted by Crippen LogP contribution is -2.26. The molecule has 0 saturated heterocycles. The average Bonchev–Trinajstić information content (AvgIpc) is 2.54. The van der Waals surface area contributed by atoms with Crippen LogP contribution in [0.1, 0.15) is 18.1 Å². The number of benzene rings is 2. The summed E-state index contributed by atoms with van der Waals surface area (Å²) in [7, 11) is -2.61. The van der Waals surface area contributed by atoms with Crippen molar-refractivity contribution < 1.29 is 17.7 Å². The fourth-order valence-corrected chi connectivity index (χ4v) is 3.58. The predicted octanol–water partition coefficient (Wildman–Crippen LogP) is 3.69. The van der Waals surface area contributed by atoms with Crippen LogP contribution in [0.4, 0.5) is 5.69 Å². The molecule has 0 amide bonds. The summed E-state index contributed by atoms with van der Waals surface area (Å²) in [6, 6.07) is 10.8. The Kier molecular flexibility index (Phi) is 6.21. The predicted molar refractivity (Wildman–Crippen MR) is 101 cm³/mol. The van der Waals surface area contributed by atoms with Crippen LogP contribution in [-0.2, 0) is 14.9 Å². The number of hydrogen-bond acceptors (Lipinski definition) is 4. The van der Waals surface area contributed by atoms with Crippen molar-refractivity contribution in [3.05, 3.63) is 47.5 Å². The molecule has 0 aromatic heterocycles. The van der Waals surface area contributed by atoms with Gasteiger partial charge in [-0.05, 0) is 50.1 Å². The summed E-state index contributed by atoms with van der Waals surface area (Å²) in [4.78, 5) is 2.13. The third kappa shape index (κ3) is 4.60. The van der Waals surface area contributed by atoms with Crippen molar-refractivity contribution in [2.45, 2.75) is 25.7 Å². The van der Waals surface area contributed by atoms with Crippen molar-refractivity contribution >= 4 is 15.8 Å². The Labute approximate surface area is 150 Å². The fourth-order valence-electron chi connectivity index (χ4n) is 2.90. The molecular weight excluding hydrogens is 338 g/mol. The van der Waals surface area contributed by atoms with E-state index in [0.29, 0.717) is 12.2 Å². The molecule has 0 fully saturated rings. The van der Waals surface area contributed by atoms with Gasteiger partial charge >= 0.3 is 0 Å². The minimum absolute atomic E-state index is 0.0688. The normalized spacial score (nSPS) is 11.6. The van der Waals surface area contributed by atoms with Crippen LogP contribution < -0.4 is 4.90 Å². The molecule has 0 heterocycles. The molecule has 0 atom stereocenters. The highest BCUT2D eigenvalue weighted by Crippen LogP contribution is 2.33. The second-order valence-electron chi connectivity index (χ2n) is 6.05. The number of anilines is 1. The van der Waals surface area contributed by atoms with Crippen LogP contribution in [0.3, 0.4) is 0 Å². The molecule has 25 heavy (non-hydrogen) atoms. The van der Waals surface area contributed by atoms with Gasteiger partial charge in [0.1, 0.15) is 4.90 Å². The lowest BCUT2D eigenvalue weighted by molar-refractivity contribution is 0.205. The first-order chi connectivity index (χ1) is 11.8. The zero-order valence-electron chi connectivity index (χ0n) is 15.1. The molecule has 0 radical (unpaired) electrons. The SMILES string of the molecule is CCN(CCOC)c1ccc(-c2cc(C)ccc2S(=O)(=O)O)c(C)c1. The summed E-state index contributed by atoms with van der Waals surface area (Å²) in [5.41, 5.74) is 4.25. The summed E-state index contributed by atoms with van der Waals surface area (Å²) in [5.74, 6) is 0. The molecule has 5 nitrogen and oxygen atoms in total. The Hall–Kier alpha value is -1.89. The van der Waals surface area contributed by atoms with Gasteiger partial charge in [-0.15, -0.1) is 0 Å². The van der Waals surface area contributed by atoms with E-state index in [4.69, 9.17) is 4.74 Å². The van der Waals surface area contributed by atoms with Gasteiger partial charge in [-0.3, -0.25) is 4.55 Å². The van der Waals surface area contributed by atoms with E-state index in [0.717, 1.165) is 35.5 Å². The van der Waals surface area contributed by atoms with Gasteiger partial charge in [0.25, 0.3) is 10.1 Å². The third-order valence-electron chi connectivity index (χ3n) is 4.23. The maximum atomic E-state index is 11.7. The van der Waals surface area contributed by atoms with E-state index in [-0.39, 0.29) is 4.90 Å². The van der Waals surface area contributed by atoms with Gasteiger partial charge in [0, 0.05) is 31.5 Å². The van der Waals surface area contributed by atoms with Crippen molar-refractivity contribution in [3.8, 4) is 11.1 Å². The first-order valence-electron chi connectivity index (χ1n) is 8.21. The lowest BCUT2D eigenvalue weighted by atomic mass is 9.98. The van der Waals surface area contributed by atoms with Crippen molar-refractivity contribution in [2.24, 2.45) is 0 Å². The van der Waals surface area contributed by atoms with Crippen LogP contribution in [0.2, 0.25) is 0 Å². The number of aryl methyl sites for hydroxylation is 2. The molecule has 0 aliphatic heterocycles. The van der Waals surface area contributed by atoms with Gasteiger partial charge in [0.15, 0.2) is 0 Å². The summed E-state index contributed by atoms with van der Waals surface area (Å²) in [6.07, 6.45) is 0. The van der Waals surface area contributed by atoms with Crippen LogP contribution in [-0.4, -0.2) is 39.8 Å². The average molecular weight is 363 g/mol. The van der Waals surface area contributed by atoms with Crippen molar-refractivity contribution in [2.75, 3.05) is 31.7 Å².